The number of halogens is 1. The average molecular weight is 200 g/mol. The van der Waals surface area contributed by atoms with Crippen molar-refractivity contribution < 1.29 is 0 Å². The first-order valence-corrected chi connectivity index (χ1v) is 3.73. The Balaban J connectivity index is 0.00000144. The van der Waals surface area contributed by atoms with Crippen LogP contribution in [0.25, 0.3) is 0 Å². The van der Waals surface area contributed by atoms with E-state index in [0.29, 0.717) is 0 Å². The van der Waals surface area contributed by atoms with Crippen LogP contribution in [0.3, 0.4) is 0 Å². The van der Waals surface area contributed by atoms with Gasteiger partial charge in [-0.2, -0.15) is 0 Å². The van der Waals surface area contributed by atoms with Crippen molar-refractivity contribution in [3.8, 4) is 0 Å². The summed E-state index contributed by atoms with van der Waals surface area (Å²) in [6.45, 7) is 0. The Bertz CT molecular complexity index is 279. The number of anilines is 1. The van der Waals surface area contributed by atoms with Gasteiger partial charge in [0.2, 0.25) is 0 Å². The van der Waals surface area contributed by atoms with Gasteiger partial charge >= 0.3 is 0 Å². The summed E-state index contributed by atoms with van der Waals surface area (Å²) < 4.78 is 0. The topological polar surface area (TPSA) is 53.1 Å². The summed E-state index contributed by atoms with van der Waals surface area (Å²) in [5.41, 5.74) is 7.19. The Morgan fingerprint density at radius 2 is 1.69 bits per heavy atom. The average Bonchev–Trinajstić information content (AvgIpc) is 2.04. The lowest BCUT2D eigenvalue weighted by atomic mass is 10.2. The molecule has 0 bridgehead atoms. The van der Waals surface area contributed by atoms with Crippen molar-refractivity contribution in [2.75, 3.05) is 19.0 Å². The van der Waals surface area contributed by atoms with E-state index >= 15 is 0 Å². The first kappa shape index (κ1) is 11.8. The van der Waals surface area contributed by atoms with Gasteiger partial charge in [0.05, 0.1) is 0 Å². The van der Waals surface area contributed by atoms with Crippen LogP contribution in [0, 0.1) is 5.41 Å². The van der Waals surface area contributed by atoms with Crippen LogP contribution in [-0.4, -0.2) is 19.9 Å². The fourth-order valence-electron chi connectivity index (χ4n) is 0.939. The Morgan fingerprint density at radius 1 is 1.23 bits per heavy atom. The van der Waals surface area contributed by atoms with Crippen LogP contribution >= 0.6 is 12.4 Å². The van der Waals surface area contributed by atoms with Gasteiger partial charge in [0.25, 0.3) is 0 Å². The van der Waals surface area contributed by atoms with E-state index in [1.807, 2.05) is 43.3 Å². The zero-order valence-electron chi connectivity index (χ0n) is 7.74. The predicted molar refractivity (Wildman–Crippen MR) is 59.0 cm³/mol. The number of hydrogen-bond donors (Lipinski definition) is 2. The van der Waals surface area contributed by atoms with Crippen LogP contribution in [0.5, 0.6) is 0 Å². The summed E-state index contributed by atoms with van der Waals surface area (Å²) in [4.78, 5) is 2.00. The van der Waals surface area contributed by atoms with Gasteiger partial charge in [-0.25, -0.2) is 0 Å². The number of nitrogens with zero attached hydrogens (tertiary/aromatic N) is 1. The van der Waals surface area contributed by atoms with Crippen LogP contribution in [-0.2, 0) is 0 Å². The van der Waals surface area contributed by atoms with E-state index in [2.05, 4.69) is 0 Å². The summed E-state index contributed by atoms with van der Waals surface area (Å²) in [5, 5.41) is 7.18. The van der Waals surface area contributed by atoms with E-state index in [1.165, 1.54) is 0 Å². The smallest absolute Gasteiger partial charge is 0.122 e. The summed E-state index contributed by atoms with van der Waals surface area (Å²) in [6.07, 6.45) is 0. The fraction of sp³-hybridized carbons (Fsp3) is 0.222. The molecular weight excluding hydrogens is 186 g/mol. The molecule has 0 unspecified atom stereocenters. The molecule has 1 aromatic carbocycles. The number of nitrogen functional groups attached to an aromatic ring is 1. The van der Waals surface area contributed by atoms with Gasteiger partial charge in [0.1, 0.15) is 5.84 Å². The third kappa shape index (κ3) is 2.95. The summed E-state index contributed by atoms with van der Waals surface area (Å²) in [7, 11) is 3.95. The first-order chi connectivity index (χ1) is 5.61. The fourth-order valence-corrected chi connectivity index (χ4v) is 0.939. The molecule has 4 heteroatoms. The Kier molecular flexibility index (Phi) is 4.28. The van der Waals surface area contributed by atoms with Gasteiger partial charge in [-0.3, -0.25) is 5.41 Å². The van der Waals surface area contributed by atoms with E-state index < -0.39 is 0 Å². The van der Waals surface area contributed by atoms with Crippen LogP contribution in [0.2, 0.25) is 0 Å². The molecule has 0 radical (unpaired) electrons. The number of nitrogens with two attached hydrogens (primary N) is 1. The molecule has 0 amide bonds. The lowest BCUT2D eigenvalue weighted by Crippen LogP contribution is -2.12. The SMILES string of the molecule is CN(C)c1ccc(C(=N)N)cc1.Cl. The normalized spacial score (nSPS) is 8.77. The lowest BCUT2D eigenvalue weighted by molar-refractivity contribution is 1.13. The highest BCUT2D eigenvalue weighted by Gasteiger charge is 1.96. The van der Waals surface area contributed by atoms with Crippen LogP contribution in [0.4, 0.5) is 5.69 Å². The van der Waals surface area contributed by atoms with Crippen LogP contribution < -0.4 is 10.6 Å². The van der Waals surface area contributed by atoms with E-state index in [4.69, 9.17) is 11.1 Å². The van der Waals surface area contributed by atoms with Gasteiger partial charge < -0.3 is 10.6 Å². The molecule has 72 valence electrons. The predicted octanol–water partition coefficient (Wildman–Crippen LogP) is 1.46. The molecule has 0 saturated heterocycles. The minimum Gasteiger partial charge on any atom is -0.384 e. The Hall–Kier alpha value is -1.22. The minimum atomic E-state index is 0. The molecule has 1 aromatic rings. The number of amidine groups is 1. The molecule has 0 aliphatic heterocycles. The molecule has 3 N–H and O–H groups in total. The number of hydrogen-bond acceptors (Lipinski definition) is 2. The maximum Gasteiger partial charge on any atom is 0.122 e. The molecule has 0 saturated carbocycles. The zero-order chi connectivity index (χ0) is 9.14. The minimum absolute atomic E-state index is 0. The quantitative estimate of drug-likeness (QED) is 0.560. The van der Waals surface area contributed by atoms with Crippen molar-refractivity contribution in [3.05, 3.63) is 29.8 Å². The molecule has 3 nitrogen and oxygen atoms in total. The number of nitrogens with one attached hydrogen (secondary N) is 1. The third-order valence-electron chi connectivity index (χ3n) is 1.69. The highest BCUT2D eigenvalue weighted by atomic mass is 35.5. The van der Waals surface area contributed by atoms with Crippen LogP contribution in [0.15, 0.2) is 24.3 Å². The third-order valence-corrected chi connectivity index (χ3v) is 1.69. The van der Waals surface area contributed by atoms with E-state index in [1.54, 1.807) is 0 Å². The Morgan fingerprint density at radius 3 is 2.00 bits per heavy atom. The van der Waals surface area contributed by atoms with Gasteiger partial charge in [-0.1, -0.05) is 0 Å². The monoisotopic (exact) mass is 199 g/mol. The van der Waals surface area contributed by atoms with Gasteiger partial charge in [-0.15, -0.1) is 12.4 Å². The summed E-state index contributed by atoms with van der Waals surface area (Å²) >= 11 is 0. The van der Waals surface area contributed by atoms with Crippen molar-refractivity contribution in [3.63, 3.8) is 0 Å². The van der Waals surface area contributed by atoms with Crippen molar-refractivity contribution >= 4 is 23.9 Å². The summed E-state index contributed by atoms with van der Waals surface area (Å²) in [5.74, 6) is 0.111. The van der Waals surface area contributed by atoms with E-state index in [9.17, 15) is 0 Å². The van der Waals surface area contributed by atoms with Gasteiger partial charge in [-0.05, 0) is 24.3 Å². The molecule has 0 aromatic heterocycles. The maximum absolute atomic E-state index is 7.18. The standard InChI is InChI=1S/C9H13N3.ClH/c1-12(2)8-5-3-7(4-6-8)9(10)11;/h3-6H,1-2H3,(H3,10,11);1H. The lowest BCUT2D eigenvalue weighted by Gasteiger charge is -2.12. The Labute approximate surface area is 84.5 Å². The molecule has 13 heavy (non-hydrogen) atoms. The molecule has 0 heterocycles. The molecular formula is C9H14ClN3. The van der Waals surface area contributed by atoms with Gasteiger partial charge in [0, 0.05) is 25.3 Å². The second kappa shape index (κ2) is 4.72. The molecule has 1 rings (SSSR count). The van der Waals surface area contributed by atoms with Gasteiger partial charge in [0.15, 0.2) is 0 Å². The molecule has 0 atom stereocenters. The molecule has 0 aliphatic carbocycles. The van der Waals surface area contributed by atoms with Crippen molar-refractivity contribution in [2.24, 2.45) is 5.73 Å². The summed E-state index contributed by atoms with van der Waals surface area (Å²) in [6, 6.07) is 7.57. The van der Waals surface area contributed by atoms with E-state index in [-0.39, 0.29) is 18.2 Å². The highest BCUT2D eigenvalue weighted by molar-refractivity contribution is 5.95. The second-order valence-electron chi connectivity index (χ2n) is 2.85. The molecule has 0 aliphatic rings. The van der Waals surface area contributed by atoms with Crippen molar-refractivity contribution in [2.45, 2.75) is 0 Å². The van der Waals surface area contributed by atoms with E-state index in [0.717, 1.165) is 11.3 Å². The molecule has 0 spiro atoms. The van der Waals surface area contributed by atoms with Crippen molar-refractivity contribution in [1.82, 2.24) is 0 Å². The molecule has 0 fully saturated rings. The highest BCUT2D eigenvalue weighted by Crippen LogP contribution is 2.11. The first-order valence-electron chi connectivity index (χ1n) is 3.73. The second-order valence-corrected chi connectivity index (χ2v) is 2.85. The maximum atomic E-state index is 7.18. The van der Waals surface area contributed by atoms with Crippen molar-refractivity contribution in [1.29, 1.82) is 5.41 Å². The van der Waals surface area contributed by atoms with Crippen LogP contribution in [0.1, 0.15) is 5.56 Å². The zero-order valence-corrected chi connectivity index (χ0v) is 8.56. The largest absolute Gasteiger partial charge is 0.384 e. The number of rotatable bonds is 2. The number of benzene rings is 1.